The van der Waals surface area contributed by atoms with Gasteiger partial charge in [0.1, 0.15) is 0 Å². The Balaban J connectivity index is 1.68. The van der Waals surface area contributed by atoms with Crippen LogP contribution in [0.15, 0.2) is 48.5 Å². The van der Waals surface area contributed by atoms with Crippen LogP contribution in [0.4, 0.5) is 0 Å². The first kappa shape index (κ1) is 22.7. The van der Waals surface area contributed by atoms with Crippen molar-refractivity contribution in [2.24, 2.45) is 17.3 Å². The van der Waals surface area contributed by atoms with E-state index in [0.717, 1.165) is 36.8 Å². The number of aliphatic carboxylic acids is 1. The van der Waals surface area contributed by atoms with Crippen molar-refractivity contribution in [3.05, 3.63) is 69.7 Å². The highest BCUT2D eigenvalue weighted by atomic mass is 35.5. The quantitative estimate of drug-likeness (QED) is 0.473. The molecule has 3 aliphatic rings. The molecule has 1 amide bonds. The molecule has 0 radical (unpaired) electrons. The van der Waals surface area contributed by atoms with Crippen molar-refractivity contribution in [3.8, 4) is 0 Å². The molecular weight excluding hydrogens is 457 g/mol. The second-order valence-corrected chi connectivity index (χ2v) is 11.2. The van der Waals surface area contributed by atoms with E-state index in [9.17, 15) is 14.7 Å². The van der Waals surface area contributed by atoms with Gasteiger partial charge in [-0.1, -0.05) is 54.4 Å². The minimum Gasteiger partial charge on any atom is -0.481 e. The van der Waals surface area contributed by atoms with Crippen molar-refractivity contribution in [2.45, 2.75) is 63.5 Å². The lowest BCUT2D eigenvalue weighted by Gasteiger charge is -2.52. The van der Waals surface area contributed by atoms with Crippen molar-refractivity contribution < 1.29 is 14.7 Å². The summed E-state index contributed by atoms with van der Waals surface area (Å²) < 4.78 is 0. The standard InChI is InChI=1S/C27H29Cl2NO3/c1-27(15-23(31)32)14-22(19-3-2-4-21(29)13-19)25(18-9-11-20(28)12-10-18)30(26(27)33)24(16-5-6-16)17-7-8-17/h2-4,9-13,16-17,22,24-25H,5-8,14-15H2,1H3,(H,31,32)/t22?,25?,27-/m1/s1. The minimum atomic E-state index is -0.968. The van der Waals surface area contributed by atoms with Crippen molar-refractivity contribution in [1.29, 1.82) is 0 Å². The predicted molar refractivity (Wildman–Crippen MR) is 129 cm³/mol. The first-order valence-corrected chi connectivity index (χ1v) is 12.6. The topological polar surface area (TPSA) is 57.6 Å². The van der Waals surface area contributed by atoms with Gasteiger partial charge < -0.3 is 10.0 Å². The fourth-order valence-electron chi connectivity index (χ4n) is 5.92. The van der Waals surface area contributed by atoms with Gasteiger partial charge in [0.25, 0.3) is 0 Å². The van der Waals surface area contributed by atoms with E-state index >= 15 is 0 Å². The molecule has 3 fully saturated rings. The average molecular weight is 486 g/mol. The Bertz CT molecular complexity index is 1050. The number of hydrogen-bond acceptors (Lipinski definition) is 2. The SMILES string of the molecule is C[C@]1(CC(=O)O)CC(c2cccc(Cl)c2)C(c2ccc(Cl)cc2)N(C(C2CC2)C2CC2)C1=O. The molecule has 2 aliphatic carbocycles. The number of hydrogen-bond donors (Lipinski definition) is 1. The largest absolute Gasteiger partial charge is 0.481 e. The molecule has 2 saturated carbocycles. The van der Waals surface area contributed by atoms with E-state index in [1.807, 2.05) is 49.4 Å². The van der Waals surface area contributed by atoms with Gasteiger partial charge in [-0.3, -0.25) is 9.59 Å². The highest BCUT2D eigenvalue weighted by Crippen LogP contribution is 2.57. The summed E-state index contributed by atoms with van der Waals surface area (Å²) in [4.78, 5) is 28.2. The summed E-state index contributed by atoms with van der Waals surface area (Å²) >= 11 is 12.6. The summed E-state index contributed by atoms with van der Waals surface area (Å²) in [7, 11) is 0. The number of likely N-dealkylation sites (tertiary alicyclic amines) is 1. The Kier molecular flexibility index (Phi) is 5.95. The first-order valence-electron chi connectivity index (χ1n) is 11.8. The molecule has 2 unspecified atom stereocenters. The Labute approximate surface area is 204 Å². The summed E-state index contributed by atoms with van der Waals surface area (Å²) in [6, 6.07) is 15.6. The Morgan fingerprint density at radius 1 is 1.03 bits per heavy atom. The molecule has 1 aliphatic heterocycles. The summed E-state index contributed by atoms with van der Waals surface area (Å²) in [5, 5.41) is 11.0. The number of piperidine rings is 1. The zero-order chi connectivity index (χ0) is 23.3. The van der Waals surface area contributed by atoms with Gasteiger partial charge in [0.2, 0.25) is 5.91 Å². The van der Waals surface area contributed by atoms with Gasteiger partial charge >= 0.3 is 5.97 Å². The number of benzene rings is 2. The van der Waals surface area contributed by atoms with Crippen LogP contribution in [0.2, 0.25) is 10.0 Å². The van der Waals surface area contributed by atoms with Crippen LogP contribution < -0.4 is 0 Å². The van der Waals surface area contributed by atoms with Gasteiger partial charge in [0.15, 0.2) is 0 Å². The van der Waals surface area contributed by atoms with Gasteiger partial charge in [0, 0.05) is 22.0 Å². The molecule has 3 atom stereocenters. The van der Waals surface area contributed by atoms with Crippen LogP contribution in [0, 0.1) is 17.3 Å². The van der Waals surface area contributed by atoms with Gasteiger partial charge in [-0.2, -0.15) is 0 Å². The second-order valence-electron chi connectivity index (χ2n) is 10.4. The number of carboxylic acids is 1. The maximum absolute atomic E-state index is 14.2. The lowest BCUT2D eigenvalue weighted by atomic mass is 9.66. The van der Waals surface area contributed by atoms with Crippen LogP contribution in [-0.4, -0.2) is 27.9 Å². The van der Waals surface area contributed by atoms with E-state index in [-0.39, 0.29) is 30.3 Å². The van der Waals surface area contributed by atoms with Gasteiger partial charge in [-0.05, 0) is 79.3 Å². The smallest absolute Gasteiger partial charge is 0.304 e. The zero-order valence-electron chi connectivity index (χ0n) is 18.7. The molecule has 1 heterocycles. The van der Waals surface area contributed by atoms with Crippen molar-refractivity contribution in [3.63, 3.8) is 0 Å². The molecule has 0 aromatic heterocycles. The number of carbonyl (C=O) groups excluding carboxylic acids is 1. The van der Waals surface area contributed by atoms with Crippen LogP contribution in [0.3, 0.4) is 0 Å². The highest BCUT2D eigenvalue weighted by Gasteiger charge is 2.57. The molecule has 4 nitrogen and oxygen atoms in total. The molecule has 33 heavy (non-hydrogen) atoms. The minimum absolute atomic E-state index is 0.0214. The Hall–Kier alpha value is -2.04. The van der Waals surface area contributed by atoms with Crippen LogP contribution in [0.5, 0.6) is 0 Å². The molecule has 0 bridgehead atoms. The number of halogens is 2. The van der Waals surface area contributed by atoms with Crippen LogP contribution >= 0.6 is 23.2 Å². The molecule has 1 N–H and O–H groups in total. The number of nitrogens with zero attached hydrogens (tertiary/aromatic N) is 1. The van der Waals surface area contributed by atoms with Crippen LogP contribution in [-0.2, 0) is 9.59 Å². The summed E-state index contributed by atoms with van der Waals surface area (Å²) in [6.45, 7) is 1.84. The van der Waals surface area contributed by atoms with E-state index in [1.165, 1.54) is 0 Å². The van der Waals surface area contributed by atoms with E-state index < -0.39 is 11.4 Å². The zero-order valence-corrected chi connectivity index (χ0v) is 20.2. The highest BCUT2D eigenvalue weighted by molar-refractivity contribution is 6.30. The van der Waals surface area contributed by atoms with E-state index in [1.54, 1.807) is 0 Å². The third kappa shape index (κ3) is 4.52. The maximum atomic E-state index is 14.2. The summed E-state index contributed by atoms with van der Waals surface area (Å²) in [6.07, 6.45) is 4.83. The van der Waals surface area contributed by atoms with E-state index in [4.69, 9.17) is 23.2 Å². The molecule has 174 valence electrons. The second kappa shape index (κ2) is 8.63. The fourth-order valence-corrected chi connectivity index (χ4v) is 6.25. The van der Waals surface area contributed by atoms with Crippen molar-refractivity contribution in [2.75, 3.05) is 0 Å². The molecule has 2 aromatic carbocycles. The summed E-state index contributed by atoms with van der Waals surface area (Å²) in [5.41, 5.74) is 1.12. The first-order chi connectivity index (χ1) is 15.8. The van der Waals surface area contributed by atoms with Crippen molar-refractivity contribution >= 4 is 35.1 Å². The van der Waals surface area contributed by atoms with Gasteiger partial charge in [-0.25, -0.2) is 0 Å². The number of amides is 1. The predicted octanol–water partition coefficient (Wildman–Crippen LogP) is 6.72. The maximum Gasteiger partial charge on any atom is 0.304 e. The fraction of sp³-hybridized carbons (Fsp3) is 0.481. The number of carbonyl (C=O) groups is 2. The molecule has 6 heteroatoms. The van der Waals surface area contributed by atoms with Crippen molar-refractivity contribution in [1.82, 2.24) is 4.90 Å². The van der Waals surface area contributed by atoms with Gasteiger partial charge in [0.05, 0.1) is 17.9 Å². The van der Waals surface area contributed by atoms with E-state index in [2.05, 4.69) is 11.0 Å². The number of rotatable bonds is 7. The van der Waals surface area contributed by atoms with Gasteiger partial charge in [-0.15, -0.1) is 0 Å². The van der Waals surface area contributed by atoms with E-state index in [0.29, 0.717) is 28.3 Å². The summed E-state index contributed by atoms with van der Waals surface area (Å²) in [5.74, 6) is -0.0132. The normalized spacial score (nSPS) is 27.8. The molecule has 5 rings (SSSR count). The monoisotopic (exact) mass is 485 g/mol. The Morgan fingerprint density at radius 3 is 2.21 bits per heavy atom. The molecule has 0 spiro atoms. The number of carboxylic acid groups (broad SMARTS) is 1. The molecular formula is C27H29Cl2NO3. The van der Waals surface area contributed by atoms with Crippen LogP contribution in [0.25, 0.3) is 0 Å². The Morgan fingerprint density at radius 2 is 1.67 bits per heavy atom. The lowest BCUT2D eigenvalue weighted by Crippen LogP contribution is -2.57. The average Bonchev–Trinajstić information content (AvgIpc) is 3.67. The lowest BCUT2D eigenvalue weighted by molar-refractivity contribution is -0.161. The molecule has 1 saturated heterocycles. The molecule has 2 aromatic rings. The third-order valence-electron chi connectivity index (χ3n) is 7.66. The third-order valence-corrected chi connectivity index (χ3v) is 8.15. The van der Waals surface area contributed by atoms with Crippen LogP contribution in [0.1, 0.15) is 68.5 Å².